The minimum Gasteiger partial charge on any atom is -0.505 e. The standard InChI is InChI=1S/C11H9Cl2NOS/c12-9-3-8(4-10(13)11(9)15)14-5-7-1-2-16-6-7/h1-4,6,14-15H,5H2. The van der Waals surface area contributed by atoms with Crippen molar-refractivity contribution in [1.29, 1.82) is 0 Å². The number of nitrogens with one attached hydrogen (secondary N) is 1. The molecule has 1 aromatic heterocycles. The summed E-state index contributed by atoms with van der Waals surface area (Å²) in [6.07, 6.45) is 0. The van der Waals surface area contributed by atoms with Crippen LogP contribution in [0, 0.1) is 0 Å². The van der Waals surface area contributed by atoms with Gasteiger partial charge in [0.15, 0.2) is 5.75 Å². The largest absolute Gasteiger partial charge is 0.505 e. The van der Waals surface area contributed by atoms with E-state index in [1.54, 1.807) is 23.5 Å². The molecule has 2 N–H and O–H groups in total. The van der Waals surface area contributed by atoms with Crippen molar-refractivity contribution in [2.24, 2.45) is 0 Å². The van der Waals surface area contributed by atoms with Crippen LogP contribution in [0.15, 0.2) is 29.0 Å². The number of halogens is 2. The predicted molar refractivity (Wildman–Crippen MR) is 69.8 cm³/mol. The minimum atomic E-state index is -0.0792. The summed E-state index contributed by atoms with van der Waals surface area (Å²) in [5.74, 6) is -0.0792. The van der Waals surface area contributed by atoms with Gasteiger partial charge in [-0.05, 0) is 34.5 Å². The maximum Gasteiger partial charge on any atom is 0.152 e. The van der Waals surface area contributed by atoms with Crippen LogP contribution in [0.25, 0.3) is 0 Å². The first-order chi connectivity index (χ1) is 7.66. The van der Waals surface area contributed by atoms with Gasteiger partial charge in [-0.3, -0.25) is 0 Å². The van der Waals surface area contributed by atoms with E-state index in [-0.39, 0.29) is 15.8 Å². The minimum absolute atomic E-state index is 0.0792. The number of benzene rings is 1. The Morgan fingerprint density at radius 1 is 1.25 bits per heavy atom. The van der Waals surface area contributed by atoms with Crippen LogP contribution >= 0.6 is 34.5 Å². The van der Waals surface area contributed by atoms with Crippen LogP contribution in [-0.4, -0.2) is 5.11 Å². The smallest absolute Gasteiger partial charge is 0.152 e. The summed E-state index contributed by atoms with van der Waals surface area (Å²) in [4.78, 5) is 0. The summed E-state index contributed by atoms with van der Waals surface area (Å²) in [5.41, 5.74) is 1.99. The number of hydrogen-bond acceptors (Lipinski definition) is 3. The second kappa shape index (κ2) is 4.95. The van der Waals surface area contributed by atoms with Crippen molar-refractivity contribution in [3.63, 3.8) is 0 Å². The lowest BCUT2D eigenvalue weighted by atomic mass is 10.2. The molecule has 0 unspecified atom stereocenters. The number of anilines is 1. The van der Waals surface area contributed by atoms with Gasteiger partial charge in [0.1, 0.15) is 0 Å². The van der Waals surface area contributed by atoms with E-state index in [2.05, 4.69) is 10.7 Å². The van der Waals surface area contributed by atoms with Gasteiger partial charge in [0.25, 0.3) is 0 Å². The van der Waals surface area contributed by atoms with Crippen molar-refractivity contribution in [2.75, 3.05) is 5.32 Å². The average Bonchev–Trinajstić information content (AvgIpc) is 2.75. The number of hydrogen-bond donors (Lipinski definition) is 2. The Labute approximate surface area is 107 Å². The summed E-state index contributed by atoms with van der Waals surface area (Å²) in [5, 5.41) is 17.2. The molecule has 0 saturated carbocycles. The first-order valence-corrected chi connectivity index (χ1v) is 6.29. The van der Waals surface area contributed by atoms with E-state index < -0.39 is 0 Å². The van der Waals surface area contributed by atoms with Gasteiger partial charge in [-0.25, -0.2) is 0 Å². The van der Waals surface area contributed by atoms with E-state index >= 15 is 0 Å². The summed E-state index contributed by atoms with van der Waals surface area (Å²) in [6, 6.07) is 5.34. The molecule has 2 aromatic rings. The Kier molecular flexibility index (Phi) is 3.59. The highest BCUT2D eigenvalue weighted by Crippen LogP contribution is 2.34. The number of phenols is 1. The maximum absolute atomic E-state index is 9.39. The molecule has 1 aromatic carbocycles. The van der Waals surface area contributed by atoms with E-state index in [0.717, 1.165) is 5.69 Å². The van der Waals surface area contributed by atoms with Crippen LogP contribution in [0.1, 0.15) is 5.56 Å². The Bertz CT molecular complexity index is 462. The van der Waals surface area contributed by atoms with E-state index in [0.29, 0.717) is 6.54 Å². The average molecular weight is 274 g/mol. The molecule has 2 nitrogen and oxygen atoms in total. The summed E-state index contributed by atoms with van der Waals surface area (Å²) in [6.45, 7) is 0.709. The van der Waals surface area contributed by atoms with Gasteiger partial charge in [0.05, 0.1) is 10.0 Å². The van der Waals surface area contributed by atoms with Crippen molar-refractivity contribution in [1.82, 2.24) is 0 Å². The zero-order chi connectivity index (χ0) is 11.5. The fraction of sp³-hybridized carbons (Fsp3) is 0.0909. The normalized spacial score (nSPS) is 10.4. The molecule has 1 heterocycles. The third kappa shape index (κ3) is 2.61. The molecule has 0 bridgehead atoms. The van der Waals surface area contributed by atoms with Gasteiger partial charge >= 0.3 is 0 Å². The fourth-order valence-corrected chi connectivity index (χ4v) is 2.42. The highest BCUT2D eigenvalue weighted by atomic mass is 35.5. The lowest BCUT2D eigenvalue weighted by Gasteiger charge is -2.07. The first kappa shape index (κ1) is 11.6. The lowest BCUT2D eigenvalue weighted by molar-refractivity contribution is 0.476. The SMILES string of the molecule is Oc1c(Cl)cc(NCc2ccsc2)cc1Cl. The molecule has 0 aliphatic rings. The van der Waals surface area contributed by atoms with Crippen LogP contribution in [0.5, 0.6) is 5.75 Å². The van der Waals surface area contributed by atoms with Crippen molar-refractivity contribution >= 4 is 40.2 Å². The zero-order valence-corrected chi connectivity index (χ0v) is 10.5. The third-order valence-electron chi connectivity index (χ3n) is 2.09. The van der Waals surface area contributed by atoms with E-state index in [9.17, 15) is 5.11 Å². The fourth-order valence-electron chi connectivity index (χ4n) is 1.26. The number of phenolic OH excluding ortho intramolecular Hbond substituents is 1. The molecule has 0 aliphatic heterocycles. The van der Waals surface area contributed by atoms with Gasteiger partial charge in [-0.15, -0.1) is 0 Å². The van der Waals surface area contributed by atoms with Gasteiger partial charge in [0, 0.05) is 12.2 Å². The third-order valence-corrected chi connectivity index (χ3v) is 3.40. The molecular formula is C11H9Cl2NOS. The van der Waals surface area contributed by atoms with Crippen LogP contribution in [0.2, 0.25) is 10.0 Å². The van der Waals surface area contributed by atoms with Crippen LogP contribution < -0.4 is 5.32 Å². The molecule has 0 radical (unpaired) electrons. The Morgan fingerprint density at radius 2 is 1.94 bits per heavy atom. The number of thiophene rings is 1. The predicted octanol–water partition coefficient (Wildman–Crippen LogP) is 4.37. The van der Waals surface area contributed by atoms with Gasteiger partial charge in [-0.2, -0.15) is 11.3 Å². The number of aromatic hydroxyl groups is 1. The van der Waals surface area contributed by atoms with Crippen molar-refractivity contribution < 1.29 is 5.11 Å². The monoisotopic (exact) mass is 273 g/mol. The Morgan fingerprint density at radius 3 is 2.50 bits per heavy atom. The summed E-state index contributed by atoms with van der Waals surface area (Å²) >= 11 is 13.3. The highest BCUT2D eigenvalue weighted by molar-refractivity contribution is 7.07. The molecule has 0 atom stereocenters. The van der Waals surface area contributed by atoms with Crippen molar-refractivity contribution in [3.05, 3.63) is 44.6 Å². The molecule has 5 heteroatoms. The molecule has 0 spiro atoms. The quantitative estimate of drug-likeness (QED) is 0.814. The molecule has 0 fully saturated rings. The molecule has 0 aliphatic carbocycles. The molecular weight excluding hydrogens is 265 g/mol. The van der Waals surface area contributed by atoms with Crippen molar-refractivity contribution in [3.8, 4) is 5.75 Å². The van der Waals surface area contributed by atoms with Crippen molar-refractivity contribution in [2.45, 2.75) is 6.54 Å². The molecule has 84 valence electrons. The van der Waals surface area contributed by atoms with E-state index in [1.807, 2.05) is 11.4 Å². The van der Waals surface area contributed by atoms with Gasteiger partial charge in [-0.1, -0.05) is 23.2 Å². The topological polar surface area (TPSA) is 32.3 Å². The maximum atomic E-state index is 9.39. The van der Waals surface area contributed by atoms with Crippen LogP contribution in [0.3, 0.4) is 0 Å². The van der Waals surface area contributed by atoms with Gasteiger partial charge in [0.2, 0.25) is 0 Å². The first-order valence-electron chi connectivity index (χ1n) is 4.60. The molecule has 0 saturated heterocycles. The summed E-state index contributed by atoms with van der Waals surface area (Å²) in [7, 11) is 0. The van der Waals surface area contributed by atoms with E-state index in [1.165, 1.54) is 5.56 Å². The van der Waals surface area contributed by atoms with Crippen LogP contribution in [0.4, 0.5) is 5.69 Å². The second-order valence-electron chi connectivity index (χ2n) is 3.27. The lowest BCUT2D eigenvalue weighted by Crippen LogP contribution is -1.97. The molecule has 2 rings (SSSR count). The number of rotatable bonds is 3. The van der Waals surface area contributed by atoms with E-state index in [4.69, 9.17) is 23.2 Å². The van der Waals surface area contributed by atoms with Crippen LogP contribution in [-0.2, 0) is 6.54 Å². The Balaban J connectivity index is 2.10. The highest BCUT2D eigenvalue weighted by Gasteiger charge is 2.06. The van der Waals surface area contributed by atoms with Gasteiger partial charge < -0.3 is 10.4 Å². The second-order valence-corrected chi connectivity index (χ2v) is 4.87. The zero-order valence-electron chi connectivity index (χ0n) is 8.21. The molecule has 16 heavy (non-hydrogen) atoms. The summed E-state index contributed by atoms with van der Waals surface area (Å²) < 4.78 is 0. The Hall–Kier alpha value is -0.900. The molecule has 0 amide bonds.